The fraction of sp³-hybridized carbons (Fsp3) is 0.458. The Morgan fingerprint density at radius 1 is 0.900 bits per heavy atom. The van der Waals surface area contributed by atoms with Crippen LogP contribution in [0, 0.1) is 12.3 Å². The van der Waals surface area contributed by atoms with Crippen LogP contribution in [-0.2, 0) is 14.9 Å². The van der Waals surface area contributed by atoms with Crippen molar-refractivity contribution in [3.05, 3.63) is 65.2 Å². The first-order chi connectivity index (χ1) is 14.1. The van der Waals surface area contributed by atoms with Gasteiger partial charge < -0.3 is 24.8 Å². The zero-order valence-corrected chi connectivity index (χ0v) is 18.1. The third kappa shape index (κ3) is 5.81. The Morgan fingerprint density at radius 2 is 1.40 bits per heavy atom. The number of benzene rings is 2. The standard InChI is InChI=1S/C24H32O6/c1-17-5-7-18(8-6-17)23(2,3)19-9-11-21(12-10-19)29-13-20(27)14-30-22(28)24(4,15-25)16-26/h5-12,20,25-27H,13-16H2,1-4H3. The van der Waals surface area contributed by atoms with Crippen LogP contribution in [-0.4, -0.2) is 53.8 Å². The Kier molecular flexibility index (Phi) is 8.01. The van der Waals surface area contributed by atoms with Crippen LogP contribution in [0.1, 0.15) is 37.5 Å². The Balaban J connectivity index is 1.90. The maximum Gasteiger partial charge on any atom is 0.316 e. The Morgan fingerprint density at radius 3 is 1.90 bits per heavy atom. The molecule has 0 bridgehead atoms. The fourth-order valence-electron chi connectivity index (χ4n) is 2.87. The molecule has 0 heterocycles. The summed E-state index contributed by atoms with van der Waals surface area (Å²) in [6.07, 6.45) is -1.03. The summed E-state index contributed by atoms with van der Waals surface area (Å²) in [6, 6.07) is 16.2. The molecule has 3 N–H and O–H groups in total. The van der Waals surface area contributed by atoms with Crippen LogP contribution in [0.15, 0.2) is 48.5 Å². The molecule has 0 aromatic heterocycles. The first-order valence-electron chi connectivity index (χ1n) is 10.00. The SMILES string of the molecule is Cc1ccc(C(C)(C)c2ccc(OCC(O)COC(=O)C(C)(CO)CO)cc2)cc1. The Bertz CT molecular complexity index is 807. The van der Waals surface area contributed by atoms with Crippen molar-refractivity contribution in [3.8, 4) is 5.75 Å². The molecule has 30 heavy (non-hydrogen) atoms. The molecule has 0 aliphatic rings. The molecule has 0 fully saturated rings. The lowest BCUT2D eigenvalue weighted by Gasteiger charge is -2.26. The molecule has 164 valence electrons. The molecule has 0 saturated heterocycles. The van der Waals surface area contributed by atoms with E-state index in [0.29, 0.717) is 5.75 Å². The van der Waals surface area contributed by atoms with Crippen LogP contribution in [0.4, 0.5) is 0 Å². The molecular formula is C24H32O6. The first-order valence-corrected chi connectivity index (χ1v) is 10.00. The van der Waals surface area contributed by atoms with Crippen LogP contribution in [0.5, 0.6) is 5.75 Å². The fourth-order valence-corrected chi connectivity index (χ4v) is 2.87. The number of carbonyl (C=O) groups excluding carboxylic acids is 1. The average molecular weight is 417 g/mol. The molecule has 0 radical (unpaired) electrons. The maximum atomic E-state index is 11.9. The highest BCUT2D eigenvalue weighted by molar-refractivity contribution is 5.76. The van der Waals surface area contributed by atoms with Crippen LogP contribution < -0.4 is 4.74 Å². The zero-order chi connectivity index (χ0) is 22.4. The molecule has 1 atom stereocenters. The van der Waals surface area contributed by atoms with Crippen molar-refractivity contribution in [2.75, 3.05) is 26.4 Å². The van der Waals surface area contributed by atoms with E-state index in [0.717, 1.165) is 5.56 Å². The van der Waals surface area contributed by atoms with Gasteiger partial charge in [0.1, 0.15) is 30.5 Å². The van der Waals surface area contributed by atoms with Gasteiger partial charge in [0.2, 0.25) is 0 Å². The predicted octanol–water partition coefficient (Wildman–Crippen LogP) is 2.59. The van der Waals surface area contributed by atoms with Gasteiger partial charge in [-0.15, -0.1) is 0 Å². The molecule has 6 nitrogen and oxygen atoms in total. The molecule has 2 aromatic carbocycles. The highest BCUT2D eigenvalue weighted by atomic mass is 16.6. The molecule has 2 aromatic rings. The number of rotatable bonds is 10. The number of aryl methyl sites for hydroxylation is 1. The van der Waals surface area contributed by atoms with Gasteiger partial charge in [-0.1, -0.05) is 55.8 Å². The lowest BCUT2D eigenvalue weighted by Crippen LogP contribution is -2.39. The predicted molar refractivity (Wildman–Crippen MR) is 114 cm³/mol. The van der Waals surface area contributed by atoms with E-state index in [1.807, 2.05) is 24.3 Å². The summed E-state index contributed by atoms with van der Waals surface area (Å²) in [6.45, 7) is 6.36. The van der Waals surface area contributed by atoms with E-state index < -0.39 is 30.7 Å². The monoisotopic (exact) mass is 416 g/mol. The minimum atomic E-state index is -1.39. The summed E-state index contributed by atoms with van der Waals surface area (Å²) in [7, 11) is 0. The van der Waals surface area contributed by atoms with E-state index in [1.165, 1.54) is 18.1 Å². The van der Waals surface area contributed by atoms with E-state index >= 15 is 0 Å². The number of aliphatic hydroxyl groups is 3. The van der Waals surface area contributed by atoms with Gasteiger partial charge in [0.15, 0.2) is 0 Å². The van der Waals surface area contributed by atoms with E-state index in [9.17, 15) is 20.1 Å². The van der Waals surface area contributed by atoms with E-state index in [4.69, 9.17) is 9.47 Å². The molecule has 0 aliphatic heterocycles. The van der Waals surface area contributed by atoms with Crippen LogP contribution in [0.2, 0.25) is 0 Å². The molecule has 6 heteroatoms. The molecule has 1 unspecified atom stereocenters. The number of carbonyl (C=O) groups is 1. The average Bonchev–Trinajstić information content (AvgIpc) is 2.76. The topological polar surface area (TPSA) is 96.2 Å². The van der Waals surface area contributed by atoms with E-state index in [-0.39, 0.29) is 18.6 Å². The maximum absolute atomic E-state index is 11.9. The van der Waals surface area contributed by atoms with Crippen molar-refractivity contribution in [3.63, 3.8) is 0 Å². The highest BCUT2D eigenvalue weighted by Crippen LogP contribution is 2.32. The summed E-state index contributed by atoms with van der Waals surface area (Å²) in [5.41, 5.74) is 2.03. The van der Waals surface area contributed by atoms with Gasteiger partial charge in [-0.25, -0.2) is 0 Å². The normalized spacial score (nSPS) is 13.0. The van der Waals surface area contributed by atoms with Gasteiger partial charge in [0, 0.05) is 5.41 Å². The number of esters is 1. The molecule has 2 rings (SSSR count). The largest absolute Gasteiger partial charge is 0.491 e. The molecule has 0 spiro atoms. The van der Waals surface area contributed by atoms with Crippen LogP contribution >= 0.6 is 0 Å². The number of aliphatic hydroxyl groups excluding tert-OH is 3. The van der Waals surface area contributed by atoms with Crippen molar-refractivity contribution in [2.24, 2.45) is 5.41 Å². The molecule has 0 saturated carbocycles. The van der Waals surface area contributed by atoms with Crippen LogP contribution in [0.25, 0.3) is 0 Å². The Labute approximate surface area is 178 Å². The Hall–Kier alpha value is -2.41. The summed E-state index contributed by atoms with van der Waals surface area (Å²) in [5.74, 6) is -0.173. The third-order valence-corrected chi connectivity index (χ3v) is 5.39. The van der Waals surface area contributed by atoms with Crippen LogP contribution in [0.3, 0.4) is 0 Å². The van der Waals surface area contributed by atoms with Crippen molar-refractivity contribution >= 4 is 5.97 Å². The second-order valence-corrected chi connectivity index (χ2v) is 8.46. The molecule has 0 aliphatic carbocycles. The lowest BCUT2D eigenvalue weighted by molar-refractivity contribution is -0.163. The first kappa shape index (κ1) is 23.9. The third-order valence-electron chi connectivity index (χ3n) is 5.39. The highest BCUT2D eigenvalue weighted by Gasteiger charge is 2.34. The van der Waals surface area contributed by atoms with Crippen molar-refractivity contribution in [1.29, 1.82) is 0 Å². The summed E-state index contributed by atoms with van der Waals surface area (Å²) < 4.78 is 10.6. The smallest absolute Gasteiger partial charge is 0.316 e. The molecular weight excluding hydrogens is 384 g/mol. The van der Waals surface area contributed by atoms with E-state index in [2.05, 4.69) is 45.0 Å². The van der Waals surface area contributed by atoms with Gasteiger partial charge in [0.05, 0.1) is 13.2 Å². The second-order valence-electron chi connectivity index (χ2n) is 8.46. The summed E-state index contributed by atoms with van der Waals surface area (Å²) in [4.78, 5) is 11.9. The quantitative estimate of drug-likeness (QED) is 0.515. The van der Waals surface area contributed by atoms with Crippen molar-refractivity contribution in [2.45, 2.75) is 39.2 Å². The summed E-state index contributed by atoms with van der Waals surface area (Å²) in [5, 5.41) is 28.4. The van der Waals surface area contributed by atoms with Crippen molar-refractivity contribution < 1.29 is 29.6 Å². The van der Waals surface area contributed by atoms with Crippen molar-refractivity contribution in [1.82, 2.24) is 0 Å². The summed E-state index contributed by atoms with van der Waals surface area (Å²) >= 11 is 0. The number of hydrogen-bond donors (Lipinski definition) is 3. The zero-order valence-electron chi connectivity index (χ0n) is 18.1. The molecule has 0 amide bonds. The van der Waals surface area contributed by atoms with Gasteiger partial charge in [-0.2, -0.15) is 0 Å². The second kappa shape index (κ2) is 10.1. The number of hydrogen-bond acceptors (Lipinski definition) is 6. The minimum absolute atomic E-state index is 0.0526. The van der Waals surface area contributed by atoms with E-state index in [1.54, 1.807) is 0 Å². The van der Waals surface area contributed by atoms with Gasteiger partial charge in [-0.05, 0) is 37.1 Å². The number of ether oxygens (including phenoxy) is 2. The lowest BCUT2D eigenvalue weighted by atomic mass is 9.78. The van der Waals surface area contributed by atoms with Gasteiger partial charge in [0.25, 0.3) is 0 Å². The van der Waals surface area contributed by atoms with Gasteiger partial charge >= 0.3 is 5.97 Å². The minimum Gasteiger partial charge on any atom is -0.491 e. The van der Waals surface area contributed by atoms with Gasteiger partial charge in [-0.3, -0.25) is 4.79 Å².